The van der Waals surface area contributed by atoms with Crippen molar-refractivity contribution in [3.63, 3.8) is 0 Å². The maximum absolute atomic E-state index is 13.2. The van der Waals surface area contributed by atoms with Crippen LogP contribution in [0.15, 0.2) is 41.2 Å². The van der Waals surface area contributed by atoms with Gasteiger partial charge < -0.3 is 14.6 Å². The van der Waals surface area contributed by atoms with E-state index < -0.39 is 0 Å². The number of hydrogen-bond donors (Lipinski definition) is 1. The van der Waals surface area contributed by atoms with Gasteiger partial charge in [0.2, 0.25) is 0 Å². The minimum absolute atomic E-state index is 0.301. The van der Waals surface area contributed by atoms with Crippen molar-refractivity contribution in [2.75, 3.05) is 23.3 Å². The van der Waals surface area contributed by atoms with Crippen LogP contribution in [0.2, 0.25) is 0 Å². The Kier molecular flexibility index (Phi) is 3.53. The summed E-state index contributed by atoms with van der Waals surface area (Å²) in [7, 11) is 0. The van der Waals surface area contributed by atoms with Gasteiger partial charge >= 0.3 is 0 Å². The van der Waals surface area contributed by atoms with Crippen molar-refractivity contribution in [2.45, 2.75) is 18.9 Å². The number of rotatable bonds is 3. The number of halogens is 1. The highest BCUT2D eigenvalue weighted by Crippen LogP contribution is 2.25. The highest BCUT2D eigenvalue weighted by Gasteiger charge is 2.23. The molecule has 23 heavy (non-hydrogen) atoms. The van der Waals surface area contributed by atoms with Crippen molar-refractivity contribution in [1.29, 1.82) is 0 Å². The number of nitrogens with zero attached hydrogens (tertiary/aromatic N) is 4. The molecule has 7 heteroatoms. The first-order valence-corrected chi connectivity index (χ1v) is 7.61. The van der Waals surface area contributed by atoms with Crippen molar-refractivity contribution >= 4 is 22.9 Å². The number of anilines is 2. The molecule has 1 N–H and O–H groups in total. The predicted octanol–water partition coefficient (Wildman–Crippen LogP) is 2.84. The Morgan fingerprint density at radius 3 is 2.87 bits per heavy atom. The lowest BCUT2D eigenvalue weighted by atomic mass is 10.1. The molecule has 6 nitrogen and oxygen atoms in total. The molecule has 0 bridgehead atoms. The second-order valence-electron chi connectivity index (χ2n) is 5.61. The summed E-state index contributed by atoms with van der Waals surface area (Å²) < 4.78 is 19.0. The van der Waals surface area contributed by atoms with E-state index in [1.54, 1.807) is 12.3 Å². The monoisotopic (exact) mass is 313 g/mol. The Bertz CT molecular complexity index is 799. The van der Waals surface area contributed by atoms with Crippen LogP contribution in [0.25, 0.3) is 11.1 Å². The molecule has 1 saturated heterocycles. The maximum Gasteiger partial charge on any atom is 0.298 e. The summed E-state index contributed by atoms with van der Waals surface area (Å²) in [6.45, 7) is 1.66. The molecule has 0 radical (unpaired) electrons. The van der Waals surface area contributed by atoms with Crippen molar-refractivity contribution in [2.24, 2.45) is 0 Å². The van der Waals surface area contributed by atoms with Gasteiger partial charge in [-0.15, -0.1) is 0 Å². The van der Waals surface area contributed by atoms with Gasteiger partial charge in [0.05, 0.1) is 0 Å². The number of aromatic nitrogens is 3. The van der Waals surface area contributed by atoms with Crippen LogP contribution < -0.4 is 10.2 Å². The fourth-order valence-electron chi connectivity index (χ4n) is 2.82. The van der Waals surface area contributed by atoms with E-state index in [0.29, 0.717) is 23.2 Å². The quantitative estimate of drug-likeness (QED) is 0.802. The molecule has 0 amide bonds. The molecule has 3 aromatic rings. The van der Waals surface area contributed by atoms with E-state index in [1.165, 1.54) is 18.5 Å². The molecule has 0 spiro atoms. The Balaban J connectivity index is 1.42. The summed E-state index contributed by atoms with van der Waals surface area (Å²) in [5.41, 5.74) is 1.17. The van der Waals surface area contributed by atoms with Gasteiger partial charge in [0.15, 0.2) is 5.58 Å². The van der Waals surface area contributed by atoms with E-state index in [0.717, 1.165) is 31.7 Å². The highest BCUT2D eigenvalue weighted by atomic mass is 19.1. The van der Waals surface area contributed by atoms with Crippen LogP contribution in [0.5, 0.6) is 0 Å². The molecule has 0 atom stereocenters. The highest BCUT2D eigenvalue weighted by molar-refractivity contribution is 5.74. The number of fused-ring (bicyclic) bond motifs is 1. The zero-order valence-electron chi connectivity index (χ0n) is 12.4. The number of nitrogens with one attached hydrogen (secondary N) is 1. The molecule has 0 unspecified atom stereocenters. The van der Waals surface area contributed by atoms with Gasteiger partial charge in [0.25, 0.3) is 6.01 Å². The Hall–Kier alpha value is -2.70. The summed E-state index contributed by atoms with van der Waals surface area (Å²) in [4.78, 5) is 14.6. The van der Waals surface area contributed by atoms with E-state index >= 15 is 0 Å². The molecule has 1 aliphatic heterocycles. The van der Waals surface area contributed by atoms with Gasteiger partial charge in [-0.05, 0) is 31.0 Å². The standard InChI is InChI=1S/C16H16FN5O/c17-11-1-2-14-13(9-11)21-16(23-14)22-7-4-12(5-8-22)20-15-3-6-18-10-19-15/h1-3,6,9-10,12H,4-5,7-8H2,(H,18,19,20). The molecule has 4 rings (SSSR count). The summed E-state index contributed by atoms with van der Waals surface area (Å²) in [6, 6.07) is 7.18. The minimum Gasteiger partial charge on any atom is -0.423 e. The lowest BCUT2D eigenvalue weighted by molar-refractivity contribution is 0.481. The van der Waals surface area contributed by atoms with E-state index in [-0.39, 0.29) is 5.82 Å². The molecular weight excluding hydrogens is 297 g/mol. The first-order chi connectivity index (χ1) is 11.3. The lowest BCUT2D eigenvalue weighted by Crippen LogP contribution is -2.39. The Morgan fingerprint density at radius 1 is 1.22 bits per heavy atom. The van der Waals surface area contributed by atoms with Crippen molar-refractivity contribution in [3.05, 3.63) is 42.6 Å². The fraction of sp³-hybridized carbons (Fsp3) is 0.312. The van der Waals surface area contributed by atoms with Crippen LogP contribution in [0.3, 0.4) is 0 Å². The van der Waals surface area contributed by atoms with E-state index in [1.807, 2.05) is 6.07 Å². The second-order valence-corrected chi connectivity index (χ2v) is 5.61. The summed E-state index contributed by atoms with van der Waals surface area (Å²) >= 11 is 0. The Labute approximate surface area is 132 Å². The largest absolute Gasteiger partial charge is 0.423 e. The van der Waals surface area contributed by atoms with Crippen LogP contribution in [0.4, 0.5) is 16.2 Å². The fourth-order valence-corrected chi connectivity index (χ4v) is 2.82. The number of hydrogen-bond acceptors (Lipinski definition) is 6. The van der Waals surface area contributed by atoms with E-state index in [4.69, 9.17) is 4.42 Å². The number of oxazole rings is 1. The minimum atomic E-state index is -0.301. The predicted molar refractivity (Wildman–Crippen MR) is 84.9 cm³/mol. The van der Waals surface area contributed by atoms with Gasteiger partial charge in [0, 0.05) is 31.4 Å². The zero-order valence-corrected chi connectivity index (χ0v) is 12.4. The molecule has 1 aromatic carbocycles. The van der Waals surface area contributed by atoms with Crippen molar-refractivity contribution in [1.82, 2.24) is 15.0 Å². The molecule has 0 saturated carbocycles. The number of piperidine rings is 1. The molecule has 1 aliphatic rings. The smallest absolute Gasteiger partial charge is 0.298 e. The summed E-state index contributed by atoms with van der Waals surface area (Å²) in [5.74, 6) is 0.542. The third-order valence-corrected chi connectivity index (χ3v) is 4.04. The second kappa shape index (κ2) is 5.83. The molecule has 0 aliphatic carbocycles. The first kappa shape index (κ1) is 13.9. The average molecular weight is 313 g/mol. The SMILES string of the molecule is Fc1ccc2oc(N3CCC(Nc4ccncn4)CC3)nc2c1. The van der Waals surface area contributed by atoms with Crippen LogP contribution >= 0.6 is 0 Å². The van der Waals surface area contributed by atoms with Gasteiger partial charge in [-0.2, -0.15) is 4.98 Å². The number of benzene rings is 1. The molecule has 1 fully saturated rings. The van der Waals surface area contributed by atoms with E-state index in [9.17, 15) is 4.39 Å². The van der Waals surface area contributed by atoms with Crippen molar-refractivity contribution < 1.29 is 8.81 Å². The van der Waals surface area contributed by atoms with Crippen LogP contribution in [-0.2, 0) is 0 Å². The van der Waals surface area contributed by atoms with Crippen LogP contribution in [-0.4, -0.2) is 34.1 Å². The molecule has 3 heterocycles. The zero-order chi connectivity index (χ0) is 15.6. The molecule has 2 aromatic heterocycles. The normalized spacial score (nSPS) is 16.0. The maximum atomic E-state index is 13.2. The topological polar surface area (TPSA) is 67.1 Å². The van der Waals surface area contributed by atoms with E-state index in [2.05, 4.69) is 25.2 Å². The Morgan fingerprint density at radius 2 is 2.09 bits per heavy atom. The first-order valence-electron chi connectivity index (χ1n) is 7.61. The summed E-state index contributed by atoms with van der Waals surface area (Å²) in [6.07, 6.45) is 5.17. The molecular formula is C16H16FN5O. The lowest BCUT2D eigenvalue weighted by Gasteiger charge is -2.31. The van der Waals surface area contributed by atoms with Crippen molar-refractivity contribution in [3.8, 4) is 0 Å². The van der Waals surface area contributed by atoms with Gasteiger partial charge in [-0.3, -0.25) is 0 Å². The van der Waals surface area contributed by atoms with Crippen LogP contribution in [0.1, 0.15) is 12.8 Å². The summed E-state index contributed by atoms with van der Waals surface area (Å²) in [5, 5.41) is 3.41. The van der Waals surface area contributed by atoms with Gasteiger partial charge in [0.1, 0.15) is 23.5 Å². The van der Waals surface area contributed by atoms with Crippen LogP contribution in [0, 0.1) is 5.82 Å². The van der Waals surface area contributed by atoms with Gasteiger partial charge in [-0.25, -0.2) is 14.4 Å². The average Bonchev–Trinajstić information content (AvgIpc) is 2.99. The third kappa shape index (κ3) is 2.94. The van der Waals surface area contributed by atoms with Gasteiger partial charge in [-0.1, -0.05) is 0 Å². The molecule has 118 valence electrons. The third-order valence-electron chi connectivity index (χ3n) is 4.04.